The number of anilines is 2. The molecular weight excluding hydrogens is 190 g/mol. The van der Waals surface area contributed by atoms with Gasteiger partial charge in [-0.1, -0.05) is 27.7 Å². The van der Waals surface area contributed by atoms with Gasteiger partial charge in [0.05, 0.1) is 0 Å². The zero-order valence-electron chi connectivity index (χ0n) is 9.76. The van der Waals surface area contributed by atoms with Crippen LogP contribution < -0.4 is 11.1 Å². The van der Waals surface area contributed by atoms with Crippen molar-refractivity contribution in [3.05, 3.63) is 0 Å². The minimum atomic E-state index is 0.354. The number of hydrogen-bond donors (Lipinski definition) is 3. The van der Waals surface area contributed by atoms with E-state index in [1.165, 1.54) is 0 Å². The molecule has 0 amide bonds. The maximum atomic E-state index is 5.44. The largest absolute Gasteiger partial charge is 0.368 e. The van der Waals surface area contributed by atoms with Crippen molar-refractivity contribution in [3.63, 3.8) is 0 Å². The number of nitrogens with one attached hydrogen (secondary N) is 2. The average molecular weight is 209 g/mol. The second kappa shape index (κ2) is 2.87. The summed E-state index contributed by atoms with van der Waals surface area (Å²) in [6.07, 6.45) is 0. The molecule has 1 aromatic heterocycles. The minimum absolute atomic E-state index is 0.354. The first-order chi connectivity index (χ1) is 6.85. The standard InChI is InChI=1S/C10H19N5/c1-9(2)6(10(9,3)4)5-12-8-13-7(11)14-15-8/h6H,5H2,1-4H3,(H4,11,12,13,14,15). The predicted molar refractivity (Wildman–Crippen MR) is 60.3 cm³/mol. The number of nitrogens with zero attached hydrogens (tertiary/aromatic N) is 2. The van der Waals surface area contributed by atoms with Gasteiger partial charge in [0.1, 0.15) is 0 Å². The molecule has 0 spiro atoms. The summed E-state index contributed by atoms with van der Waals surface area (Å²) in [7, 11) is 0. The summed E-state index contributed by atoms with van der Waals surface area (Å²) in [6.45, 7) is 10.1. The lowest BCUT2D eigenvalue weighted by atomic mass is 10.0. The van der Waals surface area contributed by atoms with E-state index in [9.17, 15) is 0 Å². The molecule has 0 saturated heterocycles. The lowest BCUT2D eigenvalue weighted by Gasteiger charge is -2.04. The number of aromatic nitrogens is 3. The van der Waals surface area contributed by atoms with E-state index in [4.69, 9.17) is 5.73 Å². The molecule has 1 heterocycles. The van der Waals surface area contributed by atoms with Crippen molar-refractivity contribution < 1.29 is 0 Å². The second-order valence-corrected chi connectivity index (χ2v) is 5.42. The first-order valence-electron chi connectivity index (χ1n) is 5.27. The highest BCUT2D eigenvalue weighted by Crippen LogP contribution is 2.68. The van der Waals surface area contributed by atoms with Gasteiger partial charge < -0.3 is 11.1 Å². The Kier molecular flexibility index (Phi) is 1.96. The maximum Gasteiger partial charge on any atom is 0.243 e. The van der Waals surface area contributed by atoms with Gasteiger partial charge in [0.25, 0.3) is 0 Å². The molecule has 5 nitrogen and oxygen atoms in total. The van der Waals surface area contributed by atoms with Gasteiger partial charge >= 0.3 is 0 Å². The van der Waals surface area contributed by atoms with Crippen LogP contribution in [0.1, 0.15) is 27.7 Å². The molecule has 0 unspecified atom stereocenters. The van der Waals surface area contributed by atoms with Gasteiger partial charge in [-0.25, -0.2) is 5.10 Å². The van der Waals surface area contributed by atoms with Crippen molar-refractivity contribution in [2.45, 2.75) is 27.7 Å². The number of rotatable bonds is 3. The molecule has 0 aliphatic heterocycles. The van der Waals surface area contributed by atoms with E-state index in [-0.39, 0.29) is 0 Å². The summed E-state index contributed by atoms with van der Waals surface area (Å²) in [5.74, 6) is 1.60. The van der Waals surface area contributed by atoms with Crippen LogP contribution in [0.15, 0.2) is 0 Å². The molecule has 0 bridgehead atoms. The maximum absolute atomic E-state index is 5.44. The fourth-order valence-corrected chi connectivity index (χ4v) is 2.39. The van der Waals surface area contributed by atoms with Gasteiger partial charge in [0.15, 0.2) is 0 Å². The molecular formula is C10H19N5. The normalized spacial score (nSPS) is 22.7. The average Bonchev–Trinajstić information content (AvgIpc) is 2.50. The van der Waals surface area contributed by atoms with Crippen LogP contribution in [-0.2, 0) is 0 Å². The Balaban J connectivity index is 1.91. The highest BCUT2D eigenvalue weighted by molar-refractivity contribution is 5.31. The quantitative estimate of drug-likeness (QED) is 0.704. The summed E-state index contributed by atoms with van der Waals surface area (Å²) in [6, 6.07) is 0. The third kappa shape index (κ3) is 1.46. The number of hydrogen-bond acceptors (Lipinski definition) is 4. The first kappa shape index (κ1) is 10.3. The van der Waals surface area contributed by atoms with E-state index < -0.39 is 0 Å². The molecule has 1 aliphatic rings. The summed E-state index contributed by atoms with van der Waals surface area (Å²) in [5.41, 5.74) is 6.22. The van der Waals surface area contributed by atoms with Crippen LogP contribution in [0.2, 0.25) is 0 Å². The van der Waals surface area contributed by atoms with Gasteiger partial charge in [-0.15, -0.1) is 5.10 Å². The number of H-pyrrole nitrogens is 1. The van der Waals surface area contributed by atoms with E-state index in [1.807, 2.05) is 0 Å². The summed E-state index contributed by atoms with van der Waals surface area (Å²) in [5, 5.41) is 9.75. The number of nitrogens with two attached hydrogens (primary N) is 1. The Hall–Kier alpha value is -1.26. The first-order valence-corrected chi connectivity index (χ1v) is 5.27. The molecule has 0 atom stereocenters. The van der Waals surface area contributed by atoms with Crippen LogP contribution in [0.4, 0.5) is 11.9 Å². The smallest absolute Gasteiger partial charge is 0.243 e. The molecule has 4 N–H and O–H groups in total. The molecule has 1 fully saturated rings. The highest BCUT2D eigenvalue weighted by Gasteiger charge is 2.64. The second-order valence-electron chi connectivity index (χ2n) is 5.42. The van der Waals surface area contributed by atoms with Crippen molar-refractivity contribution in [1.29, 1.82) is 0 Å². The van der Waals surface area contributed by atoms with Crippen molar-refractivity contribution in [2.24, 2.45) is 16.7 Å². The minimum Gasteiger partial charge on any atom is -0.368 e. The molecule has 84 valence electrons. The van der Waals surface area contributed by atoms with Crippen LogP contribution in [0, 0.1) is 16.7 Å². The predicted octanol–water partition coefficient (Wildman–Crippen LogP) is 1.48. The lowest BCUT2D eigenvalue weighted by molar-refractivity contribution is 0.457. The van der Waals surface area contributed by atoms with Gasteiger partial charge in [0.2, 0.25) is 11.9 Å². The van der Waals surface area contributed by atoms with Gasteiger partial charge in [0, 0.05) is 6.54 Å². The molecule has 5 heteroatoms. The van der Waals surface area contributed by atoms with E-state index in [0.717, 1.165) is 6.54 Å². The Bertz CT molecular complexity index is 352. The van der Waals surface area contributed by atoms with Crippen LogP contribution in [0.25, 0.3) is 0 Å². The van der Waals surface area contributed by atoms with E-state index in [1.54, 1.807) is 0 Å². The zero-order valence-corrected chi connectivity index (χ0v) is 9.76. The molecule has 0 aromatic carbocycles. The zero-order chi connectivity index (χ0) is 11.3. The third-order valence-electron chi connectivity index (χ3n) is 4.29. The fourth-order valence-electron chi connectivity index (χ4n) is 2.39. The van der Waals surface area contributed by atoms with Crippen LogP contribution in [0.5, 0.6) is 0 Å². The van der Waals surface area contributed by atoms with Gasteiger partial charge in [-0.2, -0.15) is 4.98 Å². The van der Waals surface area contributed by atoms with Crippen LogP contribution in [-0.4, -0.2) is 21.7 Å². The Morgan fingerprint density at radius 2 is 1.93 bits per heavy atom. The Morgan fingerprint density at radius 3 is 2.33 bits per heavy atom. The molecule has 2 rings (SSSR count). The number of aromatic amines is 1. The summed E-state index contributed by atoms with van der Waals surface area (Å²) in [4.78, 5) is 4.01. The Labute approximate surface area is 89.9 Å². The monoisotopic (exact) mass is 209 g/mol. The van der Waals surface area contributed by atoms with Crippen molar-refractivity contribution >= 4 is 11.9 Å². The number of nitrogen functional groups attached to an aromatic ring is 1. The van der Waals surface area contributed by atoms with Crippen LogP contribution in [0.3, 0.4) is 0 Å². The van der Waals surface area contributed by atoms with Crippen molar-refractivity contribution in [2.75, 3.05) is 17.6 Å². The molecule has 0 radical (unpaired) electrons. The van der Waals surface area contributed by atoms with E-state index >= 15 is 0 Å². The highest BCUT2D eigenvalue weighted by atomic mass is 15.3. The Morgan fingerprint density at radius 1 is 1.33 bits per heavy atom. The van der Waals surface area contributed by atoms with E-state index in [2.05, 4.69) is 48.2 Å². The lowest BCUT2D eigenvalue weighted by Crippen LogP contribution is -2.09. The van der Waals surface area contributed by atoms with Crippen molar-refractivity contribution in [1.82, 2.24) is 15.2 Å². The molecule has 1 aliphatic carbocycles. The van der Waals surface area contributed by atoms with Gasteiger partial charge in [-0.05, 0) is 16.7 Å². The SMILES string of the molecule is CC1(C)C(CNc2n[nH]c(N)n2)C1(C)C. The van der Waals surface area contributed by atoms with Gasteiger partial charge in [-0.3, -0.25) is 0 Å². The van der Waals surface area contributed by atoms with E-state index in [0.29, 0.717) is 28.6 Å². The topological polar surface area (TPSA) is 79.6 Å². The molecule has 15 heavy (non-hydrogen) atoms. The summed E-state index contributed by atoms with van der Waals surface area (Å²) >= 11 is 0. The third-order valence-corrected chi connectivity index (χ3v) is 4.29. The molecule has 1 aromatic rings. The fraction of sp³-hybridized carbons (Fsp3) is 0.800. The van der Waals surface area contributed by atoms with Crippen molar-refractivity contribution in [3.8, 4) is 0 Å². The summed E-state index contributed by atoms with van der Waals surface area (Å²) < 4.78 is 0. The molecule has 1 saturated carbocycles. The van der Waals surface area contributed by atoms with Crippen LogP contribution >= 0.6 is 0 Å².